The van der Waals surface area contributed by atoms with Gasteiger partial charge in [-0.15, -0.1) is 0 Å². The molecule has 0 aliphatic heterocycles. The molecule has 0 radical (unpaired) electrons. The zero-order valence-electron chi connectivity index (χ0n) is 16.2. The van der Waals surface area contributed by atoms with Crippen molar-refractivity contribution in [3.8, 4) is 5.75 Å². The van der Waals surface area contributed by atoms with Gasteiger partial charge in [0.2, 0.25) is 0 Å². The van der Waals surface area contributed by atoms with Crippen LogP contribution >= 0.6 is 11.3 Å². The Kier molecular flexibility index (Phi) is 5.93. The van der Waals surface area contributed by atoms with E-state index < -0.39 is 11.9 Å². The molecule has 28 heavy (non-hydrogen) atoms. The molecular formula is C19H22N4O4S. The molecule has 2 heterocycles. The molecule has 9 heteroatoms. The van der Waals surface area contributed by atoms with E-state index in [0.29, 0.717) is 17.1 Å². The number of amides is 1. The highest BCUT2D eigenvalue weighted by Gasteiger charge is 2.16. The Balaban J connectivity index is 2.13. The van der Waals surface area contributed by atoms with Gasteiger partial charge in [-0.25, -0.2) is 0 Å². The van der Waals surface area contributed by atoms with Crippen molar-refractivity contribution in [3.05, 3.63) is 41.0 Å². The van der Waals surface area contributed by atoms with Crippen LogP contribution < -0.4 is 9.54 Å². The van der Waals surface area contributed by atoms with Gasteiger partial charge >= 0.3 is 5.97 Å². The fourth-order valence-electron chi connectivity index (χ4n) is 2.78. The van der Waals surface area contributed by atoms with E-state index in [0.717, 1.165) is 16.0 Å². The van der Waals surface area contributed by atoms with Gasteiger partial charge in [0.15, 0.2) is 4.80 Å². The highest BCUT2D eigenvalue weighted by atomic mass is 32.1. The molecule has 0 spiro atoms. The number of rotatable bonds is 6. The topological polar surface area (TPSA) is 87.7 Å². The Bertz CT molecular complexity index is 1080. The van der Waals surface area contributed by atoms with Gasteiger partial charge < -0.3 is 14.0 Å². The van der Waals surface area contributed by atoms with Gasteiger partial charge in [-0.3, -0.25) is 14.3 Å². The van der Waals surface area contributed by atoms with Crippen LogP contribution in [0.3, 0.4) is 0 Å². The Morgan fingerprint density at radius 3 is 2.75 bits per heavy atom. The zero-order valence-corrected chi connectivity index (χ0v) is 17.0. The lowest BCUT2D eigenvalue weighted by molar-refractivity contribution is -0.141. The molecule has 1 aromatic carbocycles. The summed E-state index contributed by atoms with van der Waals surface area (Å²) in [6.07, 6.45) is 1.57. The molecule has 0 aliphatic carbocycles. The fraction of sp³-hybridized carbons (Fsp3) is 0.368. The third kappa shape index (κ3) is 3.99. The summed E-state index contributed by atoms with van der Waals surface area (Å²) in [6.45, 7) is 6.30. The number of carbonyl (C=O) groups is 2. The lowest BCUT2D eigenvalue weighted by Crippen LogP contribution is -2.23. The van der Waals surface area contributed by atoms with Gasteiger partial charge in [-0.1, -0.05) is 11.3 Å². The van der Waals surface area contributed by atoms with Crippen LogP contribution in [-0.4, -0.2) is 39.9 Å². The second-order valence-corrected chi connectivity index (χ2v) is 7.29. The van der Waals surface area contributed by atoms with E-state index >= 15 is 0 Å². The van der Waals surface area contributed by atoms with Crippen molar-refractivity contribution in [1.29, 1.82) is 0 Å². The number of aromatic nitrogens is 3. The number of ether oxygens (including phenoxy) is 2. The Morgan fingerprint density at radius 1 is 1.29 bits per heavy atom. The largest absolute Gasteiger partial charge is 0.494 e. The fourth-order valence-corrected chi connectivity index (χ4v) is 3.84. The molecule has 0 fully saturated rings. The third-order valence-electron chi connectivity index (χ3n) is 4.06. The summed E-state index contributed by atoms with van der Waals surface area (Å²) in [5.74, 6) is -0.117. The van der Waals surface area contributed by atoms with E-state index in [1.807, 2.05) is 39.0 Å². The van der Waals surface area contributed by atoms with E-state index in [1.54, 1.807) is 21.5 Å². The number of esters is 1. The predicted molar refractivity (Wildman–Crippen MR) is 106 cm³/mol. The molecule has 0 bridgehead atoms. The van der Waals surface area contributed by atoms with Crippen molar-refractivity contribution in [3.63, 3.8) is 0 Å². The summed E-state index contributed by atoms with van der Waals surface area (Å²) in [6, 6.07) is 7.21. The van der Waals surface area contributed by atoms with Gasteiger partial charge in [0.05, 0.1) is 23.9 Å². The quantitative estimate of drug-likeness (QED) is 0.592. The lowest BCUT2D eigenvalue weighted by Gasteiger charge is -2.08. The minimum Gasteiger partial charge on any atom is -0.494 e. The van der Waals surface area contributed by atoms with Crippen molar-refractivity contribution >= 4 is 33.4 Å². The summed E-state index contributed by atoms with van der Waals surface area (Å²) < 4.78 is 14.5. The SMILES string of the molecule is CCOc1ccc2c(c1)sc(=NC(=O)c1ccnn1C(C)C)n2CC(=O)OC. The number of nitrogens with zero attached hydrogens (tertiary/aromatic N) is 4. The number of methoxy groups -OCH3 is 1. The average molecular weight is 402 g/mol. The second kappa shape index (κ2) is 8.39. The standard InChI is InChI=1S/C19H22N4O4S/c1-5-27-13-6-7-14-16(10-13)28-19(22(14)11-17(24)26-4)21-18(25)15-8-9-20-23(15)12(2)3/h6-10,12H,5,11H2,1-4H3. The van der Waals surface area contributed by atoms with Crippen LogP contribution in [-0.2, 0) is 16.1 Å². The molecule has 148 valence electrons. The maximum atomic E-state index is 12.8. The summed E-state index contributed by atoms with van der Waals surface area (Å²) in [7, 11) is 1.33. The van der Waals surface area contributed by atoms with E-state index in [1.165, 1.54) is 18.4 Å². The van der Waals surface area contributed by atoms with E-state index in [4.69, 9.17) is 9.47 Å². The van der Waals surface area contributed by atoms with Crippen LogP contribution in [0.4, 0.5) is 0 Å². The van der Waals surface area contributed by atoms with Gasteiger partial charge in [-0.2, -0.15) is 10.1 Å². The summed E-state index contributed by atoms with van der Waals surface area (Å²) >= 11 is 1.31. The van der Waals surface area contributed by atoms with E-state index in [9.17, 15) is 9.59 Å². The van der Waals surface area contributed by atoms with E-state index in [2.05, 4.69) is 10.1 Å². The average Bonchev–Trinajstić information content (AvgIpc) is 3.27. The molecule has 3 aromatic rings. The Morgan fingerprint density at radius 2 is 2.07 bits per heavy atom. The van der Waals surface area contributed by atoms with Gasteiger partial charge in [0, 0.05) is 12.2 Å². The molecule has 0 aliphatic rings. The van der Waals surface area contributed by atoms with Crippen LogP contribution in [0.15, 0.2) is 35.5 Å². The van der Waals surface area contributed by atoms with Gasteiger partial charge in [0.1, 0.15) is 18.0 Å². The van der Waals surface area contributed by atoms with Crippen molar-refractivity contribution in [2.45, 2.75) is 33.4 Å². The Hall–Kier alpha value is -2.94. The first-order valence-electron chi connectivity index (χ1n) is 8.90. The molecule has 0 atom stereocenters. The third-order valence-corrected chi connectivity index (χ3v) is 5.10. The summed E-state index contributed by atoms with van der Waals surface area (Å²) in [5.41, 5.74) is 1.18. The van der Waals surface area contributed by atoms with Crippen LogP contribution in [0.5, 0.6) is 5.75 Å². The van der Waals surface area contributed by atoms with Crippen LogP contribution in [0.2, 0.25) is 0 Å². The van der Waals surface area contributed by atoms with Crippen molar-refractivity contribution in [1.82, 2.24) is 14.3 Å². The Labute approximate surface area is 166 Å². The van der Waals surface area contributed by atoms with Crippen LogP contribution in [0.25, 0.3) is 10.2 Å². The van der Waals surface area contributed by atoms with Gasteiger partial charge in [0.25, 0.3) is 5.91 Å². The normalized spacial score (nSPS) is 12.0. The number of benzene rings is 1. The monoisotopic (exact) mass is 402 g/mol. The van der Waals surface area contributed by atoms with Crippen molar-refractivity contribution in [2.24, 2.45) is 4.99 Å². The van der Waals surface area contributed by atoms with Crippen molar-refractivity contribution in [2.75, 3.05) is 13.7 Å². The molecule has 0 saturated heterocycles. The molecule has 1 amide bonds. The summed E-state index contributed by atoms with van der Waals surface area (Å²) in [5, 5.41) is 4.18. The number of carbonyl (C=O) groups excluding carboxylic acids is 2. The number of fused-ring (bicyclic) bond motifs is 1. The molecule has 0 unspecified atom stereocenters. The maximum absolute atomic E-state index is 12.8. The molecule has 3 rings (SSSR count). The predicted octanol–water partition coefficient (Wildman–Crippen LogP) is 2.79. The smallest absolute Gasteiger partial charge is 0.325 e. The molecule has 0 N–H and O–H groups in total. The number of hydrogen-bond acceptors (Lipinski definition) is 6. The number of thiazole rings is 1. The maximum Gasteiger partial charge on any atom is 0.325 e. The number of hydrogen-bond donors (Lipinski definition) is 0. The van der Waals surface area contributed by atoms with Crippen LogP contribution in [0.1, 0.15) is 37.3 Å². The zero-order chi connectivity index (χ0) is 20.3. The first-order chi connectivity index (χ1) is 13.4. The lowest BCUT2D eigenvalue weighted by atomic mass is 10.3. The summed E-state index contributed by atoms with van der Waals surface area (Å²) in [4.78, 5) is 29.4. The van der Waals surface area contributed by atoms with Gasteiger partial charge in [-0.05, 0) is 45.0 Å². The molecule has 8 nitrogen and oxygen atoms in total. The highest BCUT2D eigenvalue weighted by molar-refractivity contribution is 7.16. The van der Waals surface area contributed by atoms with Crippen molar-refractivity contribution < 1.29 is 19.1 Å². The first kappa shape index (κ1) is 19.8. The molecular weight excluding hydrogens is 380 g/mol. The second-order valence-electron chi connectivity index (χ2n) is 6.28. The molecule has 0 saturated carbocycles. The van der Waals surface area contributed by atoms with E-state index in [-0.39, 0.29) is 12.6 Å². The van der Waals surface area contributed by atoms with Crippen LogP contribution in [0, 0.1) is 0 Å². The molecule has 2 aromatic heterocycles. The highest BCUT2D eigenvalue weighted by Crippen LogP contribution is 2.23. The minimum atomic E-state index is -0.422. The minimum absolute atomic E-state index is 0.0301. The first-order valence-corrected chi connectivity index (χ1v) is 9.71.